The van der Waals surface area contributed by atoms with E-state index in [4.69, 9.17) is 14.7 Å². The van der Waals surface area contributed by atoms with Crippen molar-refractivity contribution in [2.45, 2.75) is 21.8 Å². The molecule has 16 heteroatoms. The van der Waals surface area contributed by atoms with E-state index in [2.05, 4.69) is 19.7 Å². The van der Waals surface area contributed by atoms with Gasteiger partial charge >= 0.3 is 23.5 Å². The van der Waals surface area contributed by atoms with Gasteiger partial charge in [0.25, 0.3) is 0 Å². The fourth-order valence-electron chi connectivity index (χ4n) is 1.96. The van der Waals surface area contributed by atoms with Gasteiger partial charge in [-0.15, -0.1) is 0 Å². The molecule has 0 aliphatic heterocycles. The zero-order chi connectivity index (χ0) is 18.3. The Morgan fingerprint density at radius 1 is 1.22 bits per heavy atom. The Hall–Kier alpha value is 0.905. The van der Waals surface area contributed by atoms with Crippen molar-refractivity contribution < 1.29 is 51.5 Å². The SMILES string of the molecule is BC1CC(O)C(I)(COP(=O)(O)OP(=O)(O)OP(=O)(O)O)C1=C. The highest BCUT2D eigenvalue weighted by atomic mass is 127. The first-order chi connectivity index (χ1) is 10.1. The van der Waals surface area contributed by atoms with E-state index in [1.54, 1.807) is 30.4 Å². The van der Waals surface area contributed by atoms with E-state index in [1.165, 1.54) is 0 Å². The number of phosphoric acid groups is 3. The molecule has 0 spiro atoms. The van der Waals surface area contributed by atoms with Crippen LogP contribution in [0, 0.1) is 0 Å². The third-order valence-corrected chi connectivity index (χ3v) is 8.59. The largest absolute Gasteiger partial charge is 0.490 e. The fourth-order valence-corrected chi connectivity index (χ4v) is 6.20. The van der Waals surface area contributed by atoms with Crippen LogP contribution >= 0.6 is 46.1 Å². The van der Waals surface area contributed by atoms with Crippen LogP contribution in [0.15, 0.2) is 12.2 Å². The molecule has 1 aliphatic rings. The Labute approximate surface area is 146 Å². The third-order valence-electron chi connectivity index (χ3n) is 3.09. The van der Waals surface area contributed by atoms with Gasteiger partial charge < -0.3 is 24.7 Å². The van der Waals surface area contributed by atoms with Crippen LogP contribution in [0.1, 0.15) is 6.42 Å². The lowest BCUT2D eigenvalue weighted by molar-refractivity contribution is 0.116. The van der Waals surface area contributed by atoms with Crippen LogP contribution in [0.4, 0.5) is 0 Å². The molecule has 5 unspecified atom stereocenters. The minimum absolute atomic E-state index is 0.0774. The minimum atomic E-state index is -5.55. The Morgan fingerprint density at radius 3 is 2.13 bits per heavy atom. The van der Waals surface area contributed by atoms with E-state index in [-0.39, 0.29) is 5.82 Å². The molecular weight excluding hydrogens is 491 g/mol. The van der Waals surface area contributed by atoms with Crippen LogP contribution in [-0.4, -0.2) is 48.7 Å². The van der Waals surface area contributed by atoms with Crippen molar-refractivity contribution in [3.8, 4) is 0 Å². The second kappa shape index (κ2) is 7.26. The number of halogens is 1. The number of aliphatic hydroxyl groups excluding tert-OH is 1. The van der Waals surface area contributed by atoms with E-state index >= 15 is 0 Å². The summed E-state index contributed by atoms with van der Waals surface area (Å²) in [6, 6.07) is 0. The Kier molecular flexibility index (Phi) is 6.93. The Morgan fingerprint density at radius 2 is 1.74 bits per heavy atom. The smallest absolute Gasteiger partial charge is 0.391 e. The maximum absolute atomic E-state index is 11.6. The van der Waals surface area contributed by atoms with Crippen LogP contribution in [-0.2, 0) is 26.8 Å². The number of aliphatic hydroxyl groups is 1. The molecule has 5 atom stereocenters. The van der Waals surface area contributed by atoms with E-state index in [9.17, 15) is 23.7 Å². The summed E-state index contributed by atoms with van der Waals surface area (Å²) in [6.07, 6.45) is -0.584. The van der Waals surface area contributed by atoms with Gasteiger partial charge in [0.2, 0.25) is 0 Å². The van der Waals surface area contributed by atoms with Crippen LogP contribution in [0.25, 0.3) is 0 Å². The van der Waals surface area contributed by atoms with Crippen LogP contribution < -0.4 is 0 Å². The van der Waals surface area contributed by atoms with Gasteiger partial charge in [-0.25, -0.2) is 13.7 Å². The first-order valence-electron chi connectivity index (χ1n) is 5.92. The van der Waals surface area contributed by atoms with Crippen molar-refractivity contribution in [2.24, 2.45) is 0 Å². The number of hydrogen-bond donors (Lipinski definition) is 5. The summed E-state index contributed by atoms with van der Waals surface area (Å²) in [6.45, 7) is 3.19. The van der Waals surface area contributed by atoms with Gasteiger partial charge in [0, 0.05) is 0 Å². The lowest BCUT2D eigenvalue weighted by Crippen LogP contribution is -2.36. The Bertz CT molecular complexity index is 621. The molecule has 1 aliphatic carbocycles. The van der Waals surface area contributed by atoms with Crippen LogP contribution in [0.2, 0.25) is 5.82 Å². The van der Waals surface area contributed by atoms with Crippen molar-refractivity contribution in [3.05, 3.63) is 12.2 Å². The first-order valence-corrected chi connectivity index (χ1v) is 11.5. The van der Waals surface area contributed by atoms with Gasteiger partial charge in [0.1, 0.15) is 7.85 Å². The fraction of sp³-hybridized carbons (Fsp3) is 0.714. The zero-order valence-corrected chi connectivity index (χ0v) is 16.5. The zero-order valence-electron chi connectivity index (χ0n) is 11.7. The second-order valence-electron chi connectivity index (χ2n) is 4.90. The average molecular weight is 506 g/mol. The van der Waals surface area contributed by atoms with Gasteiger partial charge in [0.05, 0.1) is 16.1 Å². The number of alkyl halides is 1. The molecule has 11 nitrogen and oxygen atoms in total. The molecule has 23 heavy (non-hydrogen) atoms. The van der Waals surface area contributed by atoms with E-state index in [0.717, 1.165) is 0 Å². The van der Waals surface area contributed by atoms with Crippen molar-refractivity contribution in [2.75, 3.05) is 6.61 Å². The van der Waals surface area contributed by atoms with Gasteiger partial charge in [-0.1, -0.05) is 34.7 Å². The average Bonchev–Trinajstić information content (AvgIpc) is 2.47. The number of rotatable bonds is 7. The lowest BCUT2D eigenvalue weighted by atomic mass is 9.82. The summed E-state index contributed by atoms with van der Waals surface area (Å²) in [5.41, 5.74) is 0.546. The Balaban J connectivity index is 2.77. The topological polar surface area (TPSA) is 180 Å². The molecule has 1 saturated carbocycles. The summed E-state index contributed by atoms with van der Waals surface area (Å²) >= 11 is 1.78. The van der Waals surface area contributed by atoms with Gasteiger partial charge in [-0.2, -0.15) is 8.62 Å². The minimum Gasteiger partial charge on any atom is -0.391 e. The number of phosphoric ester groups is 1. The van der Waals surface area contributed by atoms with Gasteiger partial charge in [-0.05, 0) is 12.2 Å². The highest BCUT2D eigenvalue weighted by molar-refractivity contribution is 14.1. The van der Waals surface area contributed by atoms with E-state index in [1.807, 2.05) is 0 Å². The molecular formula is C7H15BIO11P3. The van der Waals surface area contributed by atoms with Crippen LogP contribution in [0.3, 0.4) is 0 Å². The maximum Gasteiger partial charge on any atom is 0.490 e. The molecule has 0 aromatic carbocycles. The molecule has 0 aromatic rings. The quantitative estimate of drug-likeness (QED) is 0.105. The summed E-state index contributed by atoms with van der Waals surface area (Å²) in [5.74, 6) is -0.0774. The predicted molar refractivity (Wildman–Crippen MR) is 88.6 cm³/mol. The summed E-state index contributed by atoms with van der Waals surface area (Å²) in [7, 11) is -14.4. The highest BCUT2D eigenvalue weighted by Gasteiger charge is 2.49. The van der Waals surface area contributed by atoms with Crippen molar-refractivity contribution >= 4 is 53.9 Å². The van der Waals surface area contributed by atoms with Crippen molar-refractivity contribution in [1.29, 1.82) is 0 Å². The monoisotopic (exact) mass is 506 g/mol. The number of hydrogen-bond acceptors (Lipinski definition) is 7. The van der Waals surface area contributed by atoms with E-state index < -0.39 is 39.6 Å². The molecule has 1 rings (SSSR count). The molecule has 0 bridgehead atoms. The standard InChI is InChI=1S/C7H15BIO11P3/c1-4-5(8)2-6(10)7(4,9)3-18-22(14,15)20-23(16,17)19-21(11,12)13/h5-6,10H,1-3,8H2,(H,14,15)(H,16,17)(H2,11,12,13). The molecule has 1 fully saturated rings. The highest BCUT2D eigenvalue weighted by Crippen LogP contribution is 2.66. The maximum atomic E-state index is 11.6. The molecule has 0 saturated heterocycles. The molecule has 5 N–H and O–H groups in total. The summed E-state index contributed by atoms with van der Waals surface area (Å²) in [4.78, 5) is 35.2. The molecule has 0 amide bonds. The van der Waals surface area contributed by atoms with Crippen molar-refractivity contribution in [1.82, 2.24) is 0 Å². The molecule has 0 radical (unpaired) electrons. The lowest BCUT2D eigenvalue weighted by Gasteiger charge is -2.28. The predicted octanol–water partition coefficient (Wildman–Crippen LogP) is 0.246. The summed E-state index contributed by atoms with van der Waals surface area (Å²) < 4.78 is 43.9. The molecule has 0 aromatic heterocycles. The third kappa shape index (κ3) is 6.29. The van der Waals surface area contributed by atoms with Crippen LogP contribution in [0.5, 0.6) is 0 Å². The van der Waals surface area contributed by atoms with Gasteiger partial charge in [-0.3, -0.25) is 4.52 Å². The first kappa shape index (κ1) is 21.9. The second-order valence-corrected chi connectivity index (χ2v) is 11.2. The molecule has 0 heterocycles. The summed E-state index contributed by atoms with van der Waals surface area (Å²) in [5, 5.41) is 9.98. The normalized spacial score (nSPS) is 34.1. The van der Waals surface area contributed by atoms with E-state index in [0.29, 0.717) is 12.0 Å². The molecule has 134 valence electrons. The van der Waals surface area contributed by atoms with Gasteiger partial charge in [0.15, 0.2) is 0 Å². The van der Waals surface area contributed by atoms with Crippen molar-refractivity contribution in [3.63, 3.8) is 0 Å².